The average molecular weight is 371 g/mol. The fourth-order valence-electron chi connectivity index (χ4n) is 2.91. The third-order valence-corrected chi connectivity index (χ3v) is 6.30. The molecular formula is C22H14N2S2. The molecule has 0 spiro atoms. The van der Waals surface area contributed by atoms with E-state index in [0.717, 1.165) is 32.2 Å². The van der Waals surface area contributed by atoms with Crippen LogP contribution < -0.4 is 0 Å². The second kappa shape index (κ2) is 6.48. The molecule has 0 fully saturated rings. The van der Waals surface area contributed by atoms with Crippen molar-refractivity contribution in [3.63, 3.8) is 0 Å². The molecule has 2 nitrogen and oxygen atoms in total. The zero-order valence-electron chi connectivity index (χ0n) is 13.8. The summed E-state index contributed by atoms with van der Waals surface area (Å²) in [5.74, 6) is 0. The number of rotatable bonds is 3. The van der Waals surface area contributed by atoms with Crippen LogP contribution in [0.5, 0.6) is 0 Å². The summed E-state index contributed by atoms with van der Waals surface area (Å²) in [6.45, 7) is 0. The lowest BCUT2D eigenvalue weighted by molar-refractivity contribution is 1.39. The molecule has 5 aromatic rings. The van der Waals surface area contributed by atoms with Crippen LogP contribution in [0.15, 0.2) is 78.9 Å². The first kappa shape index (κ1) is 15.4. The highest BCUT2D eigenvalue weighted by atomic mass is 32.1. The van der Waals surface area contributed by atoms with Gasteiger partial charge in [-0.3, -0.25) is 0 Å². The maximum absolute atomic E-state index is 4.87. The predicted octanol–water partition coefficient (Wildman–Crippen LogP) is 6.49. The Labute approximate surface area is 159 Å². The van der Waals surface area contributed by atoms with E-state index in [1.165, 1.54) is 9.40 Å². The summed E-state index contributed by atoms with van der Waals surface area (Å²) in [6.07, 6.45) is 2.19. The van der Waals surface area contributed by atoms with Gasteiger partial charge in [-0.2, -0.15) is 0 Å². The summed E-state index contributed by atoms with van der Waals surface area (Å²) in [4.78, 5) is 9.75. The Kier molecular flexibility index (Phi) is 3.85. The van der Waals surface area contributed by atoms with Gasteiger partial charge in [0.05, 0.1) is 20.4 Å². The molecule has 0 N–H and O–H groups in total. The molecule has 0 bridgehead atoms. The van der Waals surface area contributed by atoms with Gasteiger partial charge in [-0.05, 0) is 35.9 Å². The van der Waals surface area contributed by atoms with Crippen LogP contribution in [0.25, 0.3) is 32.1 Å². The van der Waals surface area contributed by atoms with Crippen molar-refractivity contribution in [1.29, 1.82) is 0 Å². The van der Waals surface area contributed by atoms with E-state index in [9.17, 15) is 0 Å². The molecule has 5 rings (SSSR count). The minimum atomic E-state index is 1.01. The topological polar surface area (TPSA) is 25.8 Å². The van der Waals surface area contributed by atoms with E-state index < -0.39 is 0 Å². The predicted molar refractivity (Wildman–Crippen MR) is 113 cm³/mol. The van der Waals surface area contributed by atoms with Crippen molar-refractivity contribution in [2.75, 3.05) is 0 Å². The summed E-state index contributed by atoms with van der Waals surface area (Å²) >= 11 is 3.43. The van der Waals surface area contributed by atoms with E-state index >= 15 is 0 Å². The van der Waals surface area contributed by atoms with Gasteiger partial charge in [0.25, 0.3) is 0 Å². The van der Waals surface area contributed by atoms with E-state index in [0.29, 0.717) is 0 Å². The quantitative estimate of drug-likeness (QED) is 0.362. The molecule has 124 valence electrons. The summed E-state index contributed by atoms with van der Waals surface area (Å²) in [5.41, 5.74) is 4.31. The smallest absolute Gasteiger partial charge is 0.127 e. The van der Waals surface area contributed by atoms with Gasteiger partial charge in [0.15, 0.2) is 0 Å². The van der Waals surface area contributed by atoms with Crippen LogP contribution in [0.3, 0.4) is 0 Å². The Morgan fingerprint density at radius 2 is 1.12 bits per heavy atom. The van der Waals surface area contributed by atoms with E-state index in [1.807, 2.05) is 18.2 Å². The number of hydrogen-bond donors (Lipinski definition) is 0. The maximum Gasteiger partial charge on any atom is 0.127 e. The molecule has 2 heterocycles. The SMILES string of the molecule is C(=C(c1nc2ccccc2s1)c1nc2ccccc2s1)c1ccccc1. The number of fused-ring (bicyclic) bond motifs is 2. The van der Waals surface area contributed by atoms with E-state index in [-0.39, 0.29) is 0 Å². The van der Waals surface area contributed by atoms with Crippen LogP contribution in [0.4, 0.5) is 0 Å². The monoisotopic (exact) mass is 370 g/mol. The molecule has 0 aliphatic rings. The lowest BCUT2D eigenvalue weighted by Crippen LogP contribution is -1.86. The molecule has 0 radical (unpaired) electrons. The molecule has 0 atom stereocenters. The Morgan fingerprint density at radius 3 is 1.65 bits per heavy atom. The highest BCUT2D eigenvalue weighted by molar-refractivity contribution is 7.22. The molecule has 2 aromatic heterocycles. The Balaban J connectivity index is 1.73. The largest absolute Gasteiger partial charge is 0.236 e. The second-order valence-electron chi connectivity index (χ2n) is 5.94. The molecule has 0 aliphatic heterocycles. The molecule has 0 aliphatic carbocycles. The average Bonchev–Trinajstić information content (AvgIpc) is 3.30. The van der Waals surface area contributed by atoms with Crippen molar-refractivity contribution in [3.8, 4) is 0 Å². The number of thiazole rings is 2. The van der Waals surface area contributed by atoms with E-state index in [4.69, 9.17) is 9.97 Å². The zero-order valence-corrected chi connectivity index (χ0v) is 15.4. The molecule has 3 aromatic carbocycles. The first-order valence-corrected chi connectivity index (χ1v) is 9.99. The summed E-state index contributed by atoms with van der Waals surface area (Å²) < 4.78 is 2.39. The first-order valence-electron chi connectivity index (χ1n) is 8.35. The lowest BCUT2D eigenvalue weighted by atomic mass is 10.1. The zero-order chi connectivity index (χ0) is 17.3. The van der Waals surface area contributed by atoms with Gasteiger partial charge in [-0.1, -0.05) is 54.6 Å². The molecule has 4 heteroatoms. The lowest BCUT2D eigenvalue weighted by Gasteiger charge is -2.01. The van der Waals surface area contributed by atoms with Crippen molar-refractivity contribution in [2.24, 2.45) is 0 Å². The van der Waals surface area contributed by atoms with Gasteiger partial charge in [0.2, 0.25) is 0 Å². The second-order valence-corrected chi connectivity index (χ2v) is 8.00. The number of nitrogens with zero attached hydrogens (tertiary/aromatic N) is 2. The van der Waals surface area contributed by atoms with Crippen molar-refractivity contribution in [1.82, 2.24) is 9.97 Å². The van der Waals surface area contributed by atoms with Gasteiger partial charge in [-0.25, -0.2) is 9.97 Å². The first-order chi connectivity index (χ1) is 12.9. The van der Waals surface area contributed by atoms with Gasteiger partial charge >= 0.3 is 0 Å². The van der Waals surface area contributed by atoms with Crippen LogP contribution in [0, 0.1) is 0 Å². The highest BCUT2D eigenvalue weighted by Gasteiger charge is 2.15. The number of para-hydroxylation sites is 2. The van der Waals surface area contributed by atoms with Crippen LogP contribution in [0.2, 0.25) is 0 Å². The van der Waals surface area contributed by atoms with Crippen molar-refractivity contribution in [3.05, 3.63) is 94.4 Å². The van der Waals surface area contributed by atoms with Crippen LogP contribution in [-0.4, -0.2) is 9.97 Å². The summed E-state index contributed by atoms with van der Waals surface area (Å²) in [6, 6.07) is 26.9. The van der Waals surface area contributed by atoms with Crippen LogP contribution in [-0.2, 0) is 0 Å². The standard InChI is InChI=1S/C22H14N2S2/c1-2-8-15(9-3-1)14-16(21-23-17-10-4-6-12-19(17)25-21)22-24-18-11-5-7-13-20(18)26-22/h1-14H. The number of benzene rings is 3. The van der Waals surface area contributed by atoms with Gasteiger partial charge in [0.1, 0.15) is 10.0 Å². The maximum atomic E-state index is 4.87. The Bertz CT molecular complexity index is 1090. The van der Waals surface area contributed by atoms with Crippen molar-refractivity contribution >= 4 is 54.8 Å². The number of hydrogen-bond acceptors (Lipinski definition) is 4. The summed E-state index contributed by atoms with van der Waals surface area (Å²) in [5, 5.41) is 2.02. The fraction of sp³-hybridized carbons (Fsp3) is 0. The van der Waals surface area contributed by atoms with Crippen LogP contribution in [0.1, 0.15) is 15.6 Å². The molecule has 0 unspecified atom stereocenters. The third-order valence-electron chi connectivity index (χ3n) is 4.16. The normalized spacial score (nSPS) is 11.1. The fourth-order valence-corrected chi connectivity index (χ4v) is 4.94. The Morgan fingerprint density at radius 1 is 0.615 bits per heavy atom. The van der Waals surface area contributed by atoms with E-state index in [1.54, 1.807) is 22.7 Å². The molecule has 0 saturated carbocycles. The summed E-state index contributed by atoms with van der Waals surface area (Å²) in [7, 11) is 0. The molecule has 0 amide bonds. The molecule has 0 saturated heterocycles. The third kappa shape index (κ3) is 2.83. The van der Waals surface area contributed by atoms with Gasteiger partial charge in [0, 0.05) is 5.57 Å². The minimum absolute atomic E-state index is 1.01. The minimum Gasteiger partial charge on any atom is -0.236 e. The van der Waals surface area contributed by atoms with Crippen molar-refractivity contribution < 1.29 is 0 Å². The molecule has 26 heavy (non-hydrogen) atoms. The van der Waals surface area contributed by atoms with Crippen molar-refractivity contribution in [2.45, 2.75) is 0 Å². The van der Waals surface area contributed by atoms with Gasteiger partial charge < -0.3 is 0 Å². The highest BCUT2D eigenvalue weighted by Crippen LogP contribution is 2.36. The number of aromatic nitrogens is 2. The van der Waals surface area contributed by atoms with Crippen LogP contribution >= 0.6 is 22.7 Å². The molecular weight excluding hydrogens is 356 g/mol. The van der Waals surface area contributed by atoms with E-state index in [2.05, 4.69) is 66.7 Å². The van der Waals surface area contributed by atoms with Gasteiger partial charge in [-0.15, -0.1) is 22.7 Å². The Hall–Kier alpha value is -2.82.